The number of carboxylic acid groups (broad SMARTS) is 1. The van der Waals surface area contributed by atoms with E-state index in [1.807, 2.05) is 0 Å². The molecule has 4 N–H and O–H groups in total. The van der Waals surface area contributed by atoms with E-state index in [0.29, 0.717) is 12.8 Å². The Bertz CT molecular complexity index is 984. The van der Waals surface area contributed by atoms with E-state index in [1.54, 1.807) is 0 Å². The fraction of sp³-hybridized carbons (Fsp3) is 0.757. The molecule has 0 fully saturated rings. The lowest BCUT2D eigenvalue weighted by molar-refractivity contribution is -0.161. The zero-order valence-electron chi connectivity index (χ0n) is 30.3. The van der Waals surface area contributed by atoms with E-state index < -0.39 is 51.1 Å². The molecular formula is C37H66NO10P. The summed E-state index contributed by atoms with van der Waals surface area (Å²) in [5, 5.41) is 8.85. The van der Waals surface area contributed by atoms with Crippen LogP contribution in [0.2, 0.25) is 0 Å². The van der Waals surface area contributed by atoms with Crippen LogP contribution in [0, 0.1) is 0 Å². The number of phosphoric acid groups is 1. The lowest BCUT2D eigenvalue weighted by Crippen LogP contribution is -2.34. The van der Waals surface area contributed by atoms with E-state index in [0.717, 1.165) is 83.5 Å². The number of nitrogens with two attached hydrogens (primary N) is 1. The summed E-state index contributed by atoms with van der Waals surface area (Å²) in [6, 6.07) is -1.52. The first-order valence-electron chi connectivity index (χ1n) is 18.5. The van der Waals surface area contributed by atoms with Gasteiger partial charge in [0, 0.05) is 12.8 Å². The Morgan fingerprint density at radius 1 is 0.633 bits per heavy atom. The number of carbonyl (C=O) groups excluding carboxylic acids is 2. The second-order valence-corrected chi connectivity index (χ2v) is 13.8. The van der Waals surface area contributed by atoms with Crippen LogP contribution in [0.15, 0.2) is 36.5 Å². The predicted molar refractivity (Wildman–Crippen MR) is 194 cm³/mol. The maximum absolute atomic E-state index is 12.5. The first-order valence-corrected chi connectivity index (χ1v) is 20.0. The van der Waals surface area contributed by atoms with Gasteiger partial charge >= 0.3 is 25.7 Å². The minimum Gasteiger partial charge on any atom is -0.480 e. The largest absolute Gasteiger partial charge is 0.480 e. The number of rotatable bonds is 34. The van der Waals surface area contributed by atoms with E-state index in [2.05, 4.69) is 54.8 Å². The van der Waals surface area contributed by atoms with Crippen molar-refractivity contribution < 1.29 is 47.5 Å². The van der Waals surface area contributed by atoms with Gasteiger partial charge < -0.3 is 25.2 Å². The summed E-state index contributed by atoms with van der Waals surface area (Å²) in [6.07, 6.45) is 32.2. The van der Waals surface area contributed by atoms with Crippen molar-refractivity contribution >= 4 is 25.7 Å². The van der Waals surface area contributed by atoms with E-state index in [4.69, 9.17) is 24.8 Å². The quantitative estimate of drug-likeness (QED) is 0.0251. The second-order valence-electron chi connectivity index (χ2n) is 12.3. The van der Waals surface area contributed by atoms with Gasteiger partial charge in [0.05, 0.1) is 13.2 Å². The molecule has 0 radical (unpaired) electrons. The number of allylic oxidation sites excluding steroid dienone is 6. The van der Waals surface area contributed by atoms with Crippen LogP contribution in [0.5, 0.6) is 0 Å². The van der Waals surface area contributed by atoms with E-state index in [-0.39, 0.29) is 19.4 Å². The summed E-state index contributed by atoms with van der Waals surface area (Å²) in [4.78, 5) is 45.7. The summed E-state index contributed by atoms with van der Waals surface area (Å²) < 4.78 is 32.5. The van der Waals surface area contributed by atoms with E-state index in [9.17, 15) is 23.8 Å². The molecule has 0 aromatic rings. The van der Waals surface area contributed by atoms with Crippen molar-refractivity contribution in [1.29, 1.82) is 0 Å². The number of hydrogen-bond acceptors (Lipinski definition) is 9. The maximum Gasteiger partial charge on any atom is 0.472 e. The molecular weight excluding hydrogens is 649 g/mol. The Morgan fingerprint density at radius 2 is 1.08 bits per heavy atom. The van der Waals surface area contributed by atoms with Gasteiger partial charge in [0.15, 0.2) is 6.10 Å². The number of hydrogen-bond donors (Lipinski definition) is 3. The monoisotopic (exact) mass is 715 g/mol. The van der Waals surface area contributed by atoms with Crippen LogP contribution in [-0.2, 0) is 37.5 Å². The van der Waals surface area contributed by atoms with Crippen molar-refractivity contribution in [3.63, 3.8) is 0 Å². The lowest BCUT2D eigenvalue weighted by Gasteiger charge is -2.20. The number of unbranched alkanes of at least 4 members (excludes halogenated alkanes) is 14. The van der Waals surface area contributed by atoms with Crippen LogP contribution >= 0.6 is 7.82 Å². The standard InChI is InChI=1S/C37H66NO10P/c1-3-5-7-9-11-13-15-16-17-19-21-23-25-27-29-36(40)48-33(31-46-49(43,44)47-32-34(38)37(41)42)30-45-35(39)28-26-24-22-20-18-14-12-10-8-6-4-2/h9-12,15-16,33-34H,3-8,13-14,17-32,38H2,1-2H3,(H,41,42)(H,43,44)/b11-9+,12-10+,16-15+/t33-,34+/m1/s1. The minimum atomic E-state index is -4.71. The molecule has 12 heteroatoms. The van der Waals surface area contributed by atoms with Crippen LogP contribution in [-0.4, -0.2) is 59.9 Å². The fourth-order valence-corrected chi connectivity index (χ4v) is 5.37. The molecule has 0 aliphatic carbocycles. The van der Waals surface area contributed by atoms with Gasteiger partial charge in [-0.3, -0.25) is 23.4 Å². The number of ether oxygens (including phenoxy) is 2. The molecule has 0 rings (SSSR count). The van der Waals surface area contributed by atoms with Gasteiger partial charge in [0.2, 0.25) is 0 Å². The smallest absolute Gasteiger partial charge is 0.472 e. The van der Waals surface area contributed by atoms with Gasteiger partial charge in [-0.05, 0) is 57.8 Å². The highest BCUT2D eigenvalue weighted by atomic mass is 31.2. The highest BCUT2D eigenvalue weighted by molar-refractivity contribution is 7.47. The average Bonchev–Trinajstić information content (AvgIpc) is 3.07. The maximum atomic E-state index is 12.5. The fourth-order valence-electron chi connectivity index (χ4n) is 4.59. The van der Waals surface area contributed by atoms with Crippen molar-refractivity contribution in [2.45, 2.75) is 161 Å². The summed E-state index contributed by atoms with van der Waals surface area (Å²) in [5.74, 6) is -2.41. The Hall–Kier alpha value is -2.30. The van der Waals surface area contributed by atoms with Crippen LogP contribution < -0.4 is 5.73 Å². The van der Waals surface area contributed by atoms with E-state index in [1.165, 1.54) is 25.7 Å². The normalized spacial score (nSPS) is 14.4. The molecule has 0 aromatic heterocycles. The van der Waals surface area contributed by atoms with Crippen LogP contribution in [0.3, 0.4) is 0 Å². The molecule has 284 valence electrons. The van der Waals surface area contributed by atoms with Gasteiger partial charge in [0.25, 0.3) is 0 Å². The number of carbonyl (C=O) groups is 3. The van der Waals surface area contributed by atoms with Crippen molar-refractivity contribution in [2.75, 3.05) is 19.8 Å². The Balaban J connectivity index is 4.50. The van der Waals surface area contributed by atoms with Gasteiger partial charge in [-0.2, -0.15) is 0 Å². The third-order valence-electron chi connectivity index (χ3n) is 7.61. The molecule has 0 aromatic carbocycles. The van der Waals surface area contributed by atoms with Gasteiger partial charge in [-0.15, -0.1) is 0 Å². The SMILES string of the molecule is CCCC/C=C/C/C=C/CCCCCCCC(=O)O[C@H](COC(=O)CCCCCCC/C=C/CCCC)COP(=O)(O)OC[C@H](N)C(=O)O. The molecule has 0 amide bonds. The number of carboxylic acids is 1. The molecule has 49 heavy (non-hydrogen) atoms. The molecule has 1 unspecified atom stereocenters. The average molecular weight is 716 g/mol. The van der Waals surface area contributed by atoms with E-state index >= 15 is 0 Å². The molecule has 0 spiro atoms. The molecule has 0 saturated carbocycles. The number of esters is 2. The van der Waals surface area contributed by atoms with Crippen molar-refractivity contribution in [3.05, 3.63) is 36.5 Å². The summed E-state index contributed by atoms with van der Waals surface area (Å²) >= 11 is 0. The number of aliphatic carboxylic acids is 1. The second kappa shape index (κ2) is 32.9. The zero-order valence-corrected chi connectivity index (χ0v) is 31.2. The Labute approximate surface area is 295 Å². The highest BCUT2D eigenvalue weighted by Gasteiger charge is 2.28. The Kier molecular flexibility index (Phi) is 31.3. The van der Waals surface area contributed by atoms with Crippen molar-refractivity contribution in [1.82, 2.24) is 0 Å². The van der Waals surface area contributed by atoms with Crippen molar-refractivity contribution in [2.24, 2.45) is 5.73 Å². The molecule has 0 bridgehead atoms. The first kappa shape index (κ1) is 46.7. The lowest BCUT2D eigenvalue weighted by atomic mass is 10.1. The zero-order chi connectivity index (χ0) is 36.4. The third-order valence-corrected chi connectivity index (χ3v) is 8.56. The molecule has 0 aliphatic rings. The molecule has 0 saturated heterocycles. The minimum absolute atomic E-state index is 0.143. The summed E-state index contributed by atoms with van der Waals surface area (Å²) in [6.45, 7) is 2.67. The molecule has 0 heterocycles. The Morgan fingerprint density at radius 3 is 1.61 bits per heavy atom. The predicted octanol–water partition coefficient (Wildman–Crippen LogP) is 8.89. The van der Waals surface area contributed by atoms with Gasteiger partial charge in [0.1, 0.15) is 12.6 Å². The first-order chi connectivity index (χ1) is 23.6. The highest BCUT2D eigenvalue weighted by Crippen LogP contribution is 2.43. The number of phosphoric ester groups is 1. The molecule has 0 aliphatic heterocycles. The summed E-state index contributed by atoms with van der Waals surface area (Å²) in [7, 11) is -4.71. The third kappa shape index (κ3) is 32.7. The van der Waals surface area contributed by atoms with Gasteiger partial charge in [-0.1, -0.05) is 115 Å². The topological polar surface area (TPSA) is 172 Å². The van der Waals surface area contributed by atoms with Crippen LogP contribution in [0.4, 0.5) is 0 Å². The van der Waals surface area contributed by atoms with Crippen LogP contribution in [0.25, 0.3) is 0 Å². The van der Waals surface area contributed by atoms with Crippen LogP contribution in [0.1, 0.15) is 149 Å². The molecule has 3 atom stereocenters. The van der Waals surface area contributed by atoms with Gasteiger partial charge in [-0.25, -0.2) is 4.57 Å². The van der Waals surface area contributed by atoms with Crippen molar-refractivity contribution in [3.8, 4) is 0 Å². The summed E-state index contributed by atoms with van der Waals surface area (Å²) in [5.41, 5.74) is 5.31. The molecule has 11 nitrogen and oxygen atoms in total.